The first-order chi connectivity index (χ1) is 8.27. The zero-order chi connectivity index (χ0) is 12.1. The Morgan fingerprint density at radius 3 is 2.59 bits per heavy atom. The van der Waals surface area contributed by atoms with Gasteiger partial charge in [0.05, 0.1) is 6.33 Å². The normalized spacial score (nSPS) is 18.4. The minimum Gasteiger partial charge on any atom is -0.366 e. The number of H-pyrrole nitrogens is 1. The molecule has 1 aromatic heterocycles. The van der Waals surface area contributed by atoms with E-state index in [1.54, 1.807) is 0 Å². The van der Waals surface area contributed by atoms with E-state index in [1.807, 2.05) is 22.6 Å². The van der Waals surface area contributed by atoms with E-state index in [9.17, 15) is 4.79 Å². The predicted molar refractivity (Wildman–Crippen MR) is 77.3 cm³/mol. The Kier molecular flexibility index (Phi) is 4.82. The molecule has 4 nitrogen and oxygen atoms in total. The van der Waals surface area contributed by atoms with E-state index in [1.165, 1.54) is 51.3 Å². The second-order valence-electron chi connectivity index (χ2n) is 4.58. The van der Waals surface area contributed by atoms with Crippen molar-refractivity contribution in [2.75, 3.05) is 5.32 Å². The molecule has 1 aliphatic carbocycles. The third-order valence-electron chi connectivity index (χ3n) is 3.24. The first-order valence-corrected chi connectivity index (χ1v) is 7.35. The Balaban J connectivity index is 2.03. The smallest absolute Gasteiger partial charge is 0.266 e. The quantitative estimate of drug-likeness (QED) is 0.809. The van der Waals surface area contributed by atoms with E-state index in [0.717, 1.165) is 5.82 Å². The summed E-state index contributed by atoms with van der Waals surface area (Å²) in [6, 6.07) is 0.470. The van der Waals surface area contributed by atoms with Gasteiger partial charge in [-0.25, -0.2) is 4.98 Å². The van der Waals surface area contributed by atoms with Crippen LogP contribution in [0.25, 0.3) is 0 Å². The molecule has 0 atom stereocenters. The lowest BCUT2D eigenvalue weighted by Crippen LogP contribution is -2.24. The predicted octanol–water partition coefficient (Wildman–Crippen LogP) is 2.90. The molecule has 0 radical (unpaired) electrons. The van der Waals surface area contributed by atoms with Gasteiger partial charge in [-0.3, -0.25) is 4.79 Å². The van der Waals surface area contributed by atoms with Gasteiger partial charge >= 0.3 is 0 Å². The SMILES string of the molecule is O=c1[nH]cnc(NC2CCCCCCC2)c1I. The fourth-order valence-electron chi connectivity index (χ4n) is 2.28. The first-order valence-electron chi connectivity index (χ1n) is 6.27. The minimum absolute atomic E-state index is 0.0612. The fraction of sp³-hybridized carbons (Fsp3) is 0.667. The summed E-state index contributed by atoms with van der Waals surface area (Å²) < 4.78 is 0.659. The Morgan fingerprint density at radius 2 is 1.88 bits per heavy atom. The number of aromatic amines is 1. The van der Waals surface area contributed by atoms with Crippen molar-refractivity contribution in [3.8, 4) is 0 Å². The number of hydrogen-bond donors (Lipinski definition) is 2. The number of anilines is 1. The summed E-state index contributed by atoms with van der Waals surface area (Å²) in [7, 11) is 0. The third-order valence-corrected chi connectivity index (χ3v) is 4.24. The van der Waals surface area contributed by atoms with E-state index in [-0.39, 0.29) is 5.56 Å². The molecule has 2 N–H and O–H groups in total. The monoisotopic (exact) mass is 347 g/mol. The van der Waals surface area contributed by atoms with E-state index in [4.69, 9.17) is 0 Å². The van der Waals surface area contributed by atoms with Crippen molar-refractivity contribution in [2.24, 2.45) is 0 Å². The summed E-state index contributed by atoms with van der Waals surface area (Å²) in [5.74, 6) is 0.736. The number of halogens is 1. The highest BCUT2D eigenvalue weighted by Crippen LogP contribution is 2.20. The van der Waals surface area contributed by atoms with E-state index >= 15 is 0 Å². The second-order valence-corrected chi connectivity index (χ2v) is 5.66. The maximum atomic E-state index is 11.5. The molecular weight excluding hydrogens is 329 g/mol. The molecule has 0 aromatic carbocycles. The third kappa shape index (κ3) is 3.69. The summed E-state index contributed by atoms with van der Waals surface area (Å²) in [5, 5.41) is 3.42. The molecule has 0 unspecified atom stereocenters. The van der Waals surface area contributed by atoms with Gasteiger partial charge in [-0.2, -0.15) is 0 Å². The number of nitrogens with one attached hydrogen (secondary N) is 2. The van der Waals surface area contributed by atoms with Crippen LogP contribution in [0.3, 0.4) is 0 Å². The summed E-state index contributed by atoms with van der Waals surface area (Å²) in [6.45, 7) is 0. The zero-order valence-corrected chi connectivity index (χ0v) is 12.0. The highest BCUT2D eigenvalue weighted by Gasteiger charge is 2.13. The molecule has 1 heterocycles. The Hall–Kier alpha value is -0.590. The van der Waals surface area contributed by atoms with Gasteiger partial charge in [0.15, 0.2) is 0 Å². The van der Waals surface area contributed by atoms with Crippen LogP contribution in [0.2, 0.25) is 0 Å². The summed E-state index contributed by atoms with van der Waals surface area (Å²) >= 11 is 2.05. The average Bonchev–Trinajstić information content (AvgIpc) is 2.28. The van der Waals surface area contributed by atoms with Crippen LogP contribution >= 0.6 is 22.6 Å². The summed E-state index contributed by atoms with van der Waals surface area (Å²) in [6.07, 6.45) is 10.4. The lowest BCUT2D eigenvalue weighted by Gasteiger charge is -2.21. The van der Waals surface area contributed by atoms with Gasteiger partial charge < -0.3 is 10.3 Å². The van der Waals surface area contributed by atoms with Gasteiger partial charge in [0.25, 0.3) is 5.56 Å². The number of hydrogen-bond acceptors (Lipinski definition) is 3. The minimum atomic E-state index is -0.0612. The average molecular weight is 347 g/mol. The van der Waals surface area contributed by atoms with Crippen LogP contribution in [0.1, 0.15) is 44.9 Å². The maximum absolute atomic E-state index is 11.5. The lowest BCUT2D eigenvalue weighted by molar-refractivity contribution is 0.470. The van der Waals surface area contributed by atoms with Crippen LogP contribution in [0, 0.1) is 3.57 Å². The Bertz CT molecular complexity index is 410. The standard InChI is InChI=1S/C12H18IN3O/c13-10-11(14-8-15-12(10)17)16-9-6-4-2-1-3-5-7-9/h8-9H,1-7H2,(H2,14,15,16,17). The molecule has 1 saturated carbocycles. The van der Waals surface area contributed by atoms with Gasteiger partial charge in [0, 0.05) is 6.04 Å². The Labute approximate surface area is 115 Å². The highest BCUT2D eigenvalue weighted by molar-refractivity contribution is 14.1. The number of aromatic nitrogens is 2. The fourth-order valence-corrected chi connectivity index (χ4v) is 2.73. The van der Waals surface area contributed by atoms with E-state index < -0.39 is 0 Å². The van der Waals surface area contributed by atoms with Crippen molar-refractivity contribution in [1.82, 2.24) is 9.97 Å². The molecule has 1 aromatic rings. The highest BCUT2D eigenvalue weighted by atomic mass is 127. The molecule has 0 aliphatic heterocycles. The van der Waals surface area contributed by atoms with Gasteiger partial charge in [0.1, 0.15) is 9.39 Å². The largest absolute Gasteiger partial charge is 0.366 e. The van der Waals surface area contributed by atoms with Crippen molar-refractivity contribution in [1.29, 1.82) is 0 Å². The summed E-state index contributed by atoms with van der Waals surface area (Å²) in [4.78, 5) is 18.3. The van der Waals surface area contributed by atoms with Crippen LogP contribution in [0.4, 0.5) is 5.82 Å². The second kappa shape index (κ2) is 6.37. The van der Waals surface area contributed by atoms with Crippen LogP contribution in [0.15, 0.2) is 11.1 Å². The van der Waals surface area contributed by atoms with Gasteiger partial charge in [-0.15, -0.1) is 0 Å². The molecule has 5 heteroatoms. The summed E-state index contributed by atoms with van der Waals surface area (Å²) in [5.41, 5.74) is -0.0612. The molecule has 94 valence electrons. The molecule has 17 heavy (non-hydrogen) atoms. The van der Waals surface area contributed by atoms with Crippen molar-refractivity contribution in [2.45, 2.75) is 51.0 Å². The number of rotatable bonds is 2. The molecule has 0 saturated heterocycles. The van der Waals surface area contributed by atoms with Crippen LogP contribution in [-0.2, 0) is 0 Å². The molecular formula is C12H18IN3O. The van der Waals surface area contributed by atoms with Crippen LogP contribution in [-0.4, -0.2) is 16.0 Å². The van der Waals surface area contributed by atoms with E-state index in [2.05, 4.69) is 15.3 Å². The van der Waals surface area contributed by atoms with E-state index in [0.29, 0.717) is 9.61 Å². The molecule has 0 amide bonds. The molecule has 2 rings (SSSR count). The van der Waals surface area contributed by atoms with Crippen molar-refractivity contribution in [3.63, 3.8) is 0 Å². The van der Waals surface area contributed by atoms with Gasteiger partial charge in [0.2, 0.25) is 0 Å². The first kappa shape index (κ1) is 12.9. The van der Waals surface area contributed by atoms with Crippen molar-refractivity contribution >= 4 is 28.4 Å². The maximum Gasteiger partial charge on any atom is 0.266 e. The van der Waals surface area contributed by atoms with Crippen LogP contribution in [0.5, 0.6) is 0 Å². The number of nitrogens with zero attached hydrogens (tertiary/aromatic N) is 1. The molecule has 1 aliphatic rings. The van der Waals surface area contributed by atoms with Crippen molar-refractivity contribution < 1.29 is 0 Å². The van der Waals surface area contributed by atoms with Gasteiger partial charge in [-0.05, 0) is 35.4 Å². The van der Waals surface area contributed by atoms with Crippen LogP contribution < -0.4 is 10.9 Å². The van der Waals surface area contributed by atoms with Gasteiger partial charge in [-0.1, -0.05) is 32.1 Å². The molecule has 0 spiro atoms. The zero-order valence-electron chi connectivity index (χ0n) is 9.84. The topological polar surface area (TPSA) is 57.8 Å². The molecule has 0 bridgehead atoms. The Morgan fingerprint density at radius 1 is 1.24 bits per heavy atom. The lowest BCUT2D eigenvalue weighted by atomic mass is 9.97. The molecule has 1 fully saturated rings. The van der Waals surface area contributed by atoms with Crippen molar-refractivity contribution in [3.05, 3.63) is 20.3 Å².